The average molecular weight is 263 g/mol. The molecule has 13 heavy (non-hydrogen) atoms. The summed E-state index contributed by atoms with van der Waals surface area (Å²) < 4.78 is 1.01. The molecule has 0 aliphatic rings. The maximum atomic E-state index is 11.1. The SMILES string of the molecule is CCNC(C(N)=O)c1ccc(Br)s1. The zero-order valence-corrected chi connectivity index (χ0v) is 9.61. The van der Waals surface area contributed by atoms with Crippen LogP contribution in [0.2, 0.25) is 0 Å². The summed E-state index contributed by atoms with van der Waals surface area (Å²) in [4.78, 5) is 12.0. The van der Waals surface area contributed by atoms with E-state index >= 15 is 0 Å². The van der Waals surface area contributed by atoms with Crippen LogP contribution in [0.15, 0.2) is 15.9 Å². The van der Waals surface area contributed by atoms with Crippen LogP contribution in [0.4, 0.5) is 0 Å². The molecule has 0 aromatic carbocycles. The molecule has 0 aliphatic carbocycles. The Hall–Kier alpha value is -0.390. The van der Waals surface area contributed by atoms with Gasteiger partial charge in [0.05, 0.1) is 3.79 Å². The van der Waals surface area contributed by atoms with E-state index in [0.29, 0.717) is 0 Å². The van der Waals surface area contributed by atoms with Gasteiger partial charge >= 0.3 is 0 Å². The summed E-state index contributed by atoms with van der Waals surface area (Å²) in [6.07, 6.45) is 0. The summed E-state index contributed by atoms with van der Waals surface area (Å²) in [5, 5.41) is 3.03. The van der Waals surface area contributed by atoms with Gasteiger partial charge in [0.25, 0.3) is 0 Å². The summed E-state index contributed by atoms with van der Waals surface area (Å²) in [5.41, 5.74) is 5.25. The van der Waals surface area contributed by atoms with Crippen molar-refractivity contribution in [1.29, 1.82) is 0 Å². The molecular weight excluding hydrogens is 252 g/mol. The van der Waals surface area contributed by atoms with Crippen LogP contribution in [0, 0.1) is 0 Å². The molecule has 1 rings (SSSR count). The van der Waals surface area contributed by atoms with Gasteiger partial charge in [-0.25, -0.2) is 0 Å². The first-order chi connectivity index (χ1) is 6.15. The van der Waals surface area contributed by atoms with Crippen molar-refractivity contribution in [1.82, 2.24) is 5.32 Å². The number of likely N-dealkylation sites (N-methyl/N-ethyl adjacent to an activating group) is 1. The number of amides is 1. The average Bonchev–Trinajstić information content (AvgIpc) is 2.46. The molecule has 0 bridgehead atoms. The minimum absolute atomic E-state index is 0.337. The lowest BCUT2D eigenvalue weighted by atomic mass is 10.2. The van der Waals surface area contributed by atoms with Crippen molar-refractivity contribution in [3.8, 4) is 0 Å². The summed E-state index contributed by atoms with van der Waals surface area (Å²) in [6.45, 7) is 2.67. The molecule has 0 fully saturated rings. The van der Waals surface area contributed by atoms with Crippen molar-refractivity contribution in [3.05, 3.63) is 20.8 Å². The third-order valence-electron chi connectivity index (χ3n) is 1.57. The zero-order chi connectivity index (χ0) is 9.84. The Morgan fingerprint density at radius 1 is 1.77 bits per heavy atom. The highest BCUT2D eigenvalue weighted by Gasteiger charge is 2.17. The maximum Gasteiger partial charge on any atom is 0.239 e. The van der Waals surface area contributed by atoms with E-state index in [2.05, 4.69) is 21.2 Å². The fourth-order valence-electron chi connectivity index (χ4n) is 1.03. The number of halogens is 1. The Bertz CT molecular complexity index is 300. The second-order valence-corrected chi connectivity index (χ2v) is 5.03. The van der Waals surface area contributed by atoms with Crippen LogP contribution in [-0.2, 0) is 4.79 Å². The van der Waals surface area contributed by atoms with Crippen LogP contribution in [0.25, 0.3) is 0 Å². The molecule has 0 saturated carbocycles. The molecule has 0 aliphatic heterocycles. The summed E-state index contributed by atoms with van der Waals surface area (Å²) in [5.74, 6) is -0.337. The summed E-state index contributed by atoms with van der Waals surface area (Å²) >= 11 is 4.86. The molecule has 3 N–H and O–H groups in total. The monoisotopic (exact) mass is 262 g/mol. The number of carbonyl (C=O) groups excluding carboxylic acids is 1. The normalized spacial score (nSPS) is 12.8. The van der Waals surface area contributed by atoms with Gasteiger partial charge in [0.2, 0.25) is 5.91 Å². The molecular formula is C8H11BrN2OS. The number of thiophene rings is 1. The number of hydrogen-bond acceptors (Lipinski definition) is 3. The Kier molecular flexibility index (Phi) is 3.90. The Morgan fingerprint density at radius 3 is 2.85 bits per heavy atom. The smallest absolute Gasteiger partial charge is 0.239 e. The molecule has 1 heterocycles. The van der Waals surface area contributed by atoms with E-state index in [0.717, 1.165) is 15.2 Å². The molecule has 1 unspecified atom stereocenters. The van der Waals surface area contributed by atoms with Crippen molar-refractivity contribution < 1.29 is 4.79 Å². The van der Waals surface area contributed by atoms with Crippen molar-refractivity contribution in [3.63, 3.8) is 0 Å². The molecule has 1 aromatic rings. The standard InChI is InChI=1S/C8H11BrN2OS/c1-2-11-7(8(10)12)5-3-4-6(9)13-5/h3-4,7,11H,2H2,1H3,(H2,10,12). The van der Waals surface area contributed by atoms with Crippen LogP contribution in [0.1, 0.15) is 17.8 Å². The predicted octanol–water partition coefficient (Wildman–Crippen LogP) is 1.65. The highest BCUT2D eigenvalue weighted by atomic mass is 79.9. The van der Waals surface area contributed by atoms with Crippen LogP contribution in [0.3, 0.4) is 0 Å². The Labute approximate surface area is 89.5 Å². The summed E-state index contributed by atoms with van der Waals surface area (Å²) in [7, 11) is 0. The van der Waals surface area contributed by atoms with Gasteiger partial charge in [-0.15, -0.1) is 11.3 Å². The van der Waals surface area contributed by atoms with E-state index in [-0.39, 0.29) is 11.9 Å². The van der Waals surface area contributed by atoms with Gasteiger partial charge in [-0.05, 0) is 34.6 Å². The fourth-order valence-corrected chi connectivity index (χ4v) is 2.54. The second kappa shape index (κ2) is 4.74. The summed E-state index contributed by atoms with van der Waals surface area (Å²) in [6, 6.07) is 3.45. The largest absolute Gasteiger partial charge is 0.368 e. The quantitative estimate of drug-likeness (QED) is 0.867. The molecule has 3 nitrogen and oxygen atoms in total. The minimum Gasteiger partial charge on any atom is -0.368 e. The lowest BCUT2D eigenvalue weighted by Gasteiger charge is -2.11. The predicted molar refractivity (Wildman–Crippen MR) is 57.6 cm³/mol. The first kappa shape index (κ1) is 10.7. The first-order valence-corrected chi connectivity index (χ1v) is 5.54. The number of hydrogen-bond donors (Lipinski definition) is 2. The third-order valence-corrected chi connectivity index (χ3v) is 3.26. The van der Waals surface area contributed by atoms with Crippen molar-refractivity contribution in [2.24, 2.45) is 5.73 Å². The van der Waals surface area contributed by atoms with Gasteiger partial charge in [0, 0.05) is 4.88 Å². The van der Waals surface area contributed by atoms with Crippen molar-refractivity contribution in [2.45, 2.75) is 13.0 Å². The molecule has 1 atom stereocenters. The lowest BCUT2D eigenvalue weighted by Crippen LogP contribution is -2.32. The van der Waals surface area contributed by atoms with Crippen LogP contribution in [-0.4, -0.2) is 12.5 Å². The zero-order valence-electron chi connectivity index (χ0n) is 7.21. The van der Waals surface area contributed by atoms with Gasteiger partial charge in [0.1, 0.15) is 6.04 Å². The van der Waals surface area contributed by atoms with Gasteiger partial charge in [-0.3, -0.25) is 4.79 Å². The Morgan fingerprint density at radius 2 is 2.46 bits per heavy atom. The third kappa shape index (κ3) is 2.79. The van der Waals surface area contributed by atoms with Crippen LogP contribution < -0.4 is 11.1 Å². The van der Waals surface area contributed by atoms with E-state index in [4.69, 9.17) is 5.73 Å². The molecule has 0 radical (unpaired) electrons. The van der Waals surface area contributed by atoms with Gasteiger partial charge in [-0.2, -0.15) is 0 Å². The van der Waals surface area contributed by atoms with E-state index in [1.165, 1.54) is 11.3 Å². The number of nitrogens with two attached hydrogens (primary N) is 1. The van der Waals surface area contributed by atoms with Crippen LogP contribution in [0.5, 0.6) is 0 Å². The van der Waals surface area contributed by atoms with E-state index < -0.39 is 0 Å². The first-order valence-electron chi connectivity index (χ1n) is 3.93. The second-order valence-electron chi connectivity index (χ2n) is 2.53. The van der Waals surface area contributed by atoms with Crippen LogP contribution >= 0.6 is 27.3 Å². The van der Waals surface area contributed by atoms with E-state index in [9.17, 15) is 4.79 Å². The molecule has 1 amide bonds. The van der Waals surface area contributed by atoms with Gasteiger partial charge < -0.3 is 11.1 Å². The van der Waals surface area contributed by atoms with Gasteiger partial charge in [-0.1, -0.05) is 6.92 Å². The number of rotatable bonds is 4. The molecule has 1 aromatic heterocycles. The van der Waals surface area contributed by atoms with Crippen molar-refractivity contribution >= 4 is 33.2 Å². The molecule has 0 saturated heterocycles. The van der Waals surface area contributed by atoms with E-state index in [1.807, 2.05) is 19.1 Å². The highest BCUT2D eigenvalue weighted by molar-refractivity contribution is 9.11. The Balaban J connectivity index is 2.81. The van der Waals surface area contributed by atoms with E-state index in [1.54, 1.807) is 0 Å². The maximum absolute atomic E-state index is 11.1. The highest BCUT2D eigenvalue weighted by Crippen LogP contribution is 2.26. The molecule has 5 heteroatoms. The van der Waals surface area contributed by atoms with Crippen molar-refractivity contribution in [2.75, 3.05) is 6.54 Å². The fraction of sp³-hybridized carbons (Fsp3) is 0.375. The lowest BCUT2D eigenvalue weighted by molar-refractivity contribution is -0.120. The number of carbonyl (C=O) groups is 1. The van der Waals surface area contributed by atoms with Gasteiger partial charge in [0.15, 0.2) is 0 Å². The molecule has 72 valence electrons. The molecule has 0 spiro atoms. The number of nitrogens with one attached hydrogen (secondary N) is 1. The topological polar surface area (TPSA) is 55.1 Å². The minimum atomic E-state index is -0.360. The number of primary amides is 1.